The summed E-state index contributed by atoms with van der Waals surface area (Å²) < 4.78 is 12.1. The predicted molar refractivity (Wildman–Crippen MR) is 108 cm³/mol. The Morgan fingerprint density at radius 2 is 2.07 bits per heavy atom. The van der Waals surface area contributed by atoms with Crippen LogP contribution < -0.4 is 20.1 Å². The first-order valence-corrected chi connectivity index (χ1v) is 10.1. The van der Waals surface area contributed by atoms with Gasteiger partial charge in [-0.2, -0.15) is 0 Å². The summed E-state index contributed by atoms with van der Waals surface area (Å²) in [4.78, 5) is 28.8. The molecule has 9 nitrogen and oxygen atoms in total. The Kier molecular flexibility index (Phi) is 6.99. The fraction of sp³-hybridized carbons (Fsp3) is 0.421. The molecule has 0 radical (unpaired) electrons. The molecule has 1 aromatic heterocycles. The Bertz CT molecular complexity index is 881. The van der Waals surface area contributed by atoms with Gasteiger partial charge in [-0.1, -0.05) is 11.8 Å². The number of ether oxygens (including phenoxy) is 2. The van der Waals surface area contributed by atoms with Crippen molar-refractivity contribution in [3.05, 3.63) is 30.1 Å². The van der Waals surface area contributed by atoms with E-state index in [1.54, 1.807) is 29.9 Å². The molecule has 2 amide bonds. The van der Waals surface area contributed by atoms with Crippen LogP contribution in [0.1, 0.15) is 18.5 Å². The largest absolute Gasteiger partial charge is 0.497 e. The smallest absolute Gasteiger partial charge is 0.240 e. The molecule has 0 aliphatic heterocycles. The van der Waals surface area contributed by atoms with E-state index in [9.17, 15) is 14.7 Å². The van der Waals surface area contributed by atoms with Crippen molar-refractivity contribution in [2.45, 2.75) is 37.2 Å². The summed E-state index contributed by atoms with van der Waals surface area (Å²) in [6, 6.07) is 5.38. The van der Waals surface area contributed by atoms with Crippen molar-refractivity contribution in [2.75, 3.05) is 25.3 Å². The number of aliphatic hydroxyl groups is 1. The molecule has 0 saturated heterocycles. The Balaban J connectivity index is 1.62. The van der Waals surface area contributed by atoms with Crippen LogP contribution in [0.25, 0.3) is 0 Å². The SMILES string of the molecule is COc1ccc(OC)c(NC(=O)CSc2ncc(CO)n2CC(=O)NC2CC2)c1. The molecule has 1 fully saturated rings. The minimum Gasteiger partial charge on any atom is -0.497 e. The lowest BCUT2D eigenvalue weighted by atomic mass is 10.2. The minimum absolute atomic E-state index is 0.0556. The van der Waals surface area contributed by atoms with Crippen molar-refractivity contribution in [3.63, 3.8) is 0 Å². The van der Waals surface area contributed by atoms with Crippen LogP contribution in [-0.4, -0.2) is 52.5 Å². The number of amides is 2. The number of hydrogen-bond acceptors (Lipinski definition) is 7. The molecular weight excluding hydrogens is 396 g/mol. The Morgan fingerprint density at radius 3 is 2.72 bits per heavy atom. The standard InChI is InChI=1S/C19H24N4O5S/c1-27-14-5-6-16(28-2)15(7-14)22-18(26)11-29-19-20-8-13(10-24)23(19)9-17(25)21-12-3-4-12/h5-8,12,24H,3-4,9-11H2,1-2H3,(H,21,25)(H,22,26). The quantitative estimate of drug-likeness (QED) is 0.498. The molecular formula is C19H24N4O5S. The summed E-state index contributed by atoms with van der Waals surface area (Å²) in [5.41, 5.74) is 1.02. The van der Waals surface area contributed by atoms with Crippen molar-refractivity contribution < 1.29 is 24.2 Å². The number of benzene rings is 1. The van der Waals surface area contributed by atoms with Gasteiger partial charge in [0.2, 0.25) is 11.8 Å². The van der Waals surface area contributed by atoms with E-state index < -0.39 is 0 Å². The van der Waals surface area contributed by atoms with Crippen LogP contribution in [0.3, 0.4) is 0 Å². The second-order valence-electron chi connectivity index (χ2n) is 6.52. The molecule has 10 heteroatoms. The molecule has 0 unspecified atom stereocenters. The van der Waals surface area contributed by atoms with Crippen LogP contribution in [0.4, 0.5) is 5.69 Å². The van der Waals surface area contributed by atoms with E-state index in [1.165, 1.54) is 25.1 Å². The lowest BCUT2D eigenvalue weighted by molar-refractivity contribution is -0.122. The average Bonchev–Trinajstić information content (AvgIpc) is 3.45. The van der Waals surface area contributed by atoms with E-state index in [0.717, 1.165) is 12.8 Å². The van der Waals surface area contributed by atoms with E-state index >= 15 is 0 Å². The summed E-state index contributed by atoms with van der Waals surface area (Å²) >= 11 is 1.19. The number of nitrogens with one attached hydrogen (secondary N) is 2. The second-order valence-corrected chi connectivity index (χ2v) is 7.46. The Hall–Kier alpha value is -2.72. The summed E-state index contributed by atoms with van der Waals surface area (Å²) in [5, 5.41) is 15.7. The lowest BCUT2D eigenvalue weighted by Gasteiger charge is -2.12. The van der Waals surface area contributed by atoms with Gasteiger partial charge in [-0.3, -0.25) is 9.59 Å². The van der Waals surface area contributed by atoms with E-state index in [1.807, 2.05) is 0 Å². The van der Waals surface area contributed by atoms with E-state index in [-0.39, 0.29) is 36.8 Å². The Labute approximate surface area is 172 Å². The third-order valence-corrected chi connectivity index (χ3v) is 5.31. The molecule has 3 N–H and O–H groups in total. The maximum Gasteiger partial charge on any atom is 0.240 e. The molecule has 0 spiro atoms. The van der Waals surface area contributed by atoms with Crippen LogP contribution in [0.15, 0.2) is 29.6 Å². The number of aliphatic hydroxyl groups excluding tert-OH is 1. The normalized spacial score (nSPS) is 13.1. The molecule has 1 aliphatic rings. The highest BCUT2D eigenvalue weighted by Gasteiger charge is 2.24. The number of anilines is 1. The summed E-state index contributed by atoms with van der Waals surface area (Å²) in [7, 11) is 3.06. The zero-order valence-corrected chi connectivity index (χ0v) is 17.1. The van der Waals surface area contributed by atoms with Crippen molar-refractivity contribution in [2.24, 2.45) is 0 Å². The summed E-state index contributed by atoms with van der Waals surface area (Å²) in [5.74, 6) is 0.798. The monoisotopic (exact) mass is 420 g/mol. The highest BCUT2D eigenvalue weighted by atomic mass is 32.2. The molecule has 1 saturated carbocycles. The van der Waals surface area contributed by atoms with Gasteiger partial charge in [0.05, 0.1) is 44.2 Å². The average molecular weight is 420 g/mol. The second kappa shape index (κ2) is 9.66. The third kappa shape index (κ3) is 5.64. The maximum absolute atomic E-state index is 12.4. The fourth-order valence-corrected chi connectivity index (χ4v) is 3.47. The van der Waals surface area contributed by atoms with Gasteiger partial charge in [0.1, 0.15) is 18.0 Å². The fourth-order valence-electron chi connectivity index (χ4n) is 2.68. The highest BCUT2D eigenvalue weighted by molar-refractivity contribution is 7.99. The number of carbonyl (C=O) groups is 2. The van der Waals surface area contributed by atoms with Gasteiger partial charge in [-0.15, -0.1) is 0 Å². The van der Waals surface area contributed by atoms with Crippen molar-refractivity contribution >= 4 is 29.3 Å². The molecule has 29 heavy (non-hydrogen) atoms. The molecule has 1 aromatic carbocycles. The van der Waals surface area contributed by atoms with Crippen molar-refractivity contribution in [1.82, 2.24) is 14.9 Å². The summed E-state index contributed by atoms with van der Waals surface area (Å²) in [6.45, 7) is -0.183. The zero-order valence-electron chi connectivity index (χ0n) is 16.3. The molecule has 1 aliphatic carbocycles. The van der Waals surface area contributed by atoms with E-state index in [4.69, 9.17) is 9.47 Å². The molecule has 156 valence electrons. The molecule has 3 rings (SSSR count). The first kappa shape index (κ1) is 21.0. The van der Waals surface area contributed by atoms with Gasteiger partial charge >= 0.3 is 0 Å². The zero-order chi connectivity index (χ0) is 20.8. The van der Waals surface area contributed by atoms with Crippen LogP contribution in [0, 0.1) is 0 Å². The van der Waals surface area contributed by atoms with Crippen LogP contribution >= 0.6 is 11.8 Å². The maximum atomic E-state index is 12.4. The van der Waals surface area contributed by atoms with Crippen LogP contribution in [-0.2, 0) is 22.7 Å². The van der Waals surface area contributed by atoms with Gasteiger partial charge < -0.3 is 29.8 Å². The topological polar surface area (TPSA) is 115 Å². The van der Waals surface area contributed by atoms with Gasteiger partial charge in [-0.05, 0) is 25.0 Å². The lowest BCUT2D eigenvalue weighted by Crippen LogP contribution is -2.30. The van der Waals surface area contributed by atoms with Crippen LogP contribution in [0.5, 0.6) is 11.5 Å². The highest BCUT2D eigenvalue weighted by Crippen LogP contribution is 2.29. The minimum atomic E-state index is -0.260. The van der Waals surface area contributed by atoms with Gasteiger partial charge in [0, 0.05) is 12.1 Å². The number of imidazole rings is 1. The van der Waals surface area contributed by atoms with Crippen LogP contribution in [0.2, 0.25) is 0 Å². The first-order chi connectivity index (χ1) is 14.0. The molecule has 0 bridgehead atoms. The van der Waals surface area contributed by atoms with Gasteiger partial charge in [0.25, 0.3) is 0 Å². The van der Waals surface area contributed by atoms with E-state index in [2.05, 4.69) is 15.6 Å². The summed E-state index contributed by atoms with van der Waals surface area (Å²) in [6.07, 6.45) is 3.51. The van der Waals surface area contributed by atoms with Crippen molar-refractivity contribution in [3.8, 4) is 11.5 Å². The van der Waals surface area contributed by atoms with Gasteiger partial charge in [-0.25, -0.2) is 4.98 Å². The molecule has 0 atom stereocenters. The number of carbonyl (C=O) groups excluding carboxylic acids is 2. The number of thioether (sulfide) groups is 1. The number of hydrogen-bond donors (Lipinski definition) is 3. The Morgan fingerprint density at radius 1 is 1.28 bits per heavy atom. The number of rotatable bonds is 10. The number of aromatic nitrogens is 2. The first-order valence-electron chi connectivity index (χ1n) is 9.13. The van der Waals surface area contributed by atoms with E-state index in [0.29, 0.717) is 28.0 Å². The van der Waals surface area contributed by atoms with Crippen molar-refractivity contribution in [1.29, 1.82) is 0 Å². The molecule has 1 heterocycles. The predicted octanol–water partition coefficient (Wildman–Crippen LogP) is 1.40. The van der Waals surface area contributed by atoms with Gasteiger partial charge in [0.15, 0.2) is 5.16 Å². The molecule has 2 aromatic rings. The number of methoxy groups -OCH3 is 2. The number of nitrogens with zero attached hydrogens (tertiary/aromatic N) is 2. The third-order valence-electron chi connectivity index (χ3n) is 4.32.